The average Bonchev–Trinajstić information content (AvgIpc) is 3.19. The van der Waals surface area contributed by atoms with Crippen LogP contribution in [0.25, 0.3) is 5.69 Å². The maximum Gasteiger partial charge on any atom is 0.228 e. The van der Waals surface area contributed by atoms with Gasteiger partial charge in [0.05, 0.1) is 17.7 Å². The highest BCUT2D eigenvalue weighted by Gasteiger charge is 2.19. The number of nitrogens with zero attached hydrogens (tertiary/aromatic N) is 4. The quantitative estimate of drug-likeness (QED) is 0.575. The van der Waals surface area contributed by atoms with Crippen LogP contribution in [0.4, 0.5) is 5.69 Å². The van der Waals surface area contributed by atoms with Crippen LogP contribution >= 0.6 is 0 Å². The standard InChI is InChI=1S/C21H30N4O/c1-4-13-23(14-5-2)16-11-21(26)25(15-6-3)20-10-8-7-9-19(20)24-17-12-22-18-24/h6-10,12,17-18H,3-5,11,13-16H2,1-2H3. The summed E-state index contributed by atoms with van der Waals surface area (Å²) in [6.45, 7) is 11.5. The number of hydrogen-bond acceptors (Lipinski definition) is 3. The fourth-order valence-electron chi connectivity index (χ4n) is 3.13. The molecule has 0 fully saturated rings. The zero-order valence-corrected chi connectivity index (χ0v) is 16.0. The van der Waals surface area contributed by atoms with Crippen LogP contribution in [0.15, 0.2) is 55.6 Å². The maximum absolute atomic E-state index is 13.0. The van der Waals surface area contributed by atoms with Crippen molar-refractivity contribution in [1.29, 1.82) is 0 Å². The lowest BCUT2D eigenvalue weighted by atomic mass is 10.2. The van der Waals surface area contributed by atoms with Gasteiger partial charge in [-0.3, -0.25) is 4.79 Å². The number of hydrogen-bond donors (Lipinski definition) is 0. The van der Waals surface area contributed by atoms with Crippen LogP contribution < -0.4 is 4.90 Å². The minimum Gasteiger partial charge on any atom is -0.307 e. The van der Waals surface area contributed by atoms with Crippen LogP contribution in [0.1, 0.15) is 33.1 Å². The van der Waals surface area contributed by atoms with Crippen molar-refractivity contribution in [3.05, 3.63) is 55.6 Å². The Balaban J connectivity index is 2.18. The van der Waals surface area contributed by atoms with E-state index in [-0.39, 0.29) is 5.91 Å². The molecule has 0 unspecified atom stereocenters. The van der Waals surface area contributed by atoms with E-state index in [1.165, 1.54) is 0 Å². The summed E-state index contributed by atoms with van der Waals surface area (Å²) in [6, 6.07) is 7.91. The summed E-state index contributed by atoms with van der Waals surface area (Å²) in [5.74, 6) is 0.120. The van der Waals surface area contributed by atoms with E-state index in [2.05, 4.69) is 30.3 Å². The predicted molar refractivity (Wildman–Crippen MR) is 108 cm³/mol. The molecule has 5 nitrogen and oxygen atoms in total. The normalized spacial score (nSPS) is 10.9. The number of carbonyl (C=O) groups is 1. The number of amides is 1. The Morgan fingerprint density at radius 1 is 1.19 bits per heavy atom. The van der Waals surface area contributed by atoms with E-state index in [1.54, 1.807) is 18.6 Å². The maximum atomic E-state index is 13.0. The molecule has 0 aliphatic carbocycles. The number of rotatable bonds is 11. The lowest BCUT2D eigenvalue weighted by Crippen LogP contribution is -2.36. The fraction of sp³-hybridized carbons (Fsp3) is 0.429. The molecule has 0 N–H and O–H groups in total. The van der Waals surface area contributed by atoms with Gasteiger partial charge in [-0.1, -0.05) is 32.1 Å². The Morgan fingerprint density at radius 3 is 2.54 bits per heavy atom. The molecule has 0 saturated carbocycles. The summed E-state index contributed by atoms with van der Waals surface area (Å²) in [4.78, 5) is 21.3. The molecule has 140 valence electrons. The molecule has 0 atom stereocenters. The summed E-state index contributed by atoms with van der Waals surface area (Å²) >= 11 is 0. The van der Waals surface area contributed by atoms with E-state index < -0.39 is 0 Å². The Morgan fingerprint density at radius 2 is 1.92 bits per heavy atom. The Labute approximate surface area is 156 Å². The third-order valence-electron chi connectivity index (χ3n) is 4.29. The monoisotopic (exact) mass is 354 g/mol. The molecule has 1 aromatic heterocycles. The summed E-state index contributed by atoms with van der Waals surface area (Å²) in [7, 11) is 0. The summed E-state index contributed by atoms with van der Waals surface area (Å²) < 4.78 is 1.93. The largest absolute Gasteiger partial charge is 0.307 e. The summed E-state index contributed by atoms with van der Waals surface area (Å²) in [6.07, 6.45) is 9.87. The van der Waals surface area contributed by atoms with Crippen molar-refractivity contribution in [3.63, 3.8) is 0 Å². The molecular weight excluding hydrogens is 324 g/mol. The van der Waals surface area contributed by atoms with Crippen molar-refractivity contribution < 1.29 is 4.79 Å². The van der Waals surface area contributed by atoms with Gasteiger partial charge < -0.3 is 14.4 Å². The molecule has 26 heavy (non-hydrogen) atoms. The van der Waals surface area contributed by atoms with Crippen LogP contribution in [-0.2, 0) is 4.79 Å². The molecule has 2 rings (SSSR count). The lowest BCUT2D eigenvalue weighted by molar-refractivity contribution is -0.118. The molecule has 0 saturated heterocycles. The Bertz CT molecular complexity index is 675. The predicted octanol–water partition coefficient (Wildman–Crippen LogP) is 3.90. The second kappa shape index (κ2) is 10.6. The van der Waals surface area contributed by atoms with Crippen molar-refractivity contribution in [2.75, 3.05) is 31.1 Å². The molecule has 1 amide bonds. The van der Waals surface area contributed by atoms with E-state index in [0.717, 1.165) is 43.9 Å². The van der Waals surface area contributed by atoms with Gasteiger partial charge in [-0.25, -0.2) is 4.98 Å². The first-order valence-corrected chi connectivity index (χ1v) is 9.42. The van der Waals surface area contributed by atoms with Gasteiger partial charge in [-0.15, -0.1) is 6.58 Å². The number of imidazole rings is 1. The minimum atomic E-state index is 0.120. The fourth-order valence-corrected chi connectivity index (χ4v) is 3.13. The minimum absolute atomic E-state index is 0.120. The van der Waals surface area contributed by atoms with Gasteiger partial charge in [-0.2, -0.15) is 0 Å². The van der Waals surface area contributed by atoms with Crippen molar-refractivity contribution in [2.45, 2.75) is 33.1 Å². The van der Waals surface area contributed by atoms with Crippen molar-refractivity contribution in [1.82, 2.24) is 14.5 Å². The van der Waals surface area contributed by atoms with Gasteiger partial charge in [0, 0.05) is 31.9 Å². The highest BCUT2D eigenvalue weighted by atomic mass is 16.2. The third kappa shape index (κ3) is 5.30. The second-order valence-corrected chi connectivity index (χ2v) is 6.34. The van der Waals surface area contributed by atoms with E-state index in [9.17, 15) is 4.79 Å². The molecule has 5 heteroatoms. The molecule has 2 aromatic rings. The molecule has 0 aliphatic heterocycles. The van der Waals surface area contributed by atoms with Gasteiger partial charge in [0.15, 0.2) is 0 Å². The average molecular weight is 354 g/mol. The first kappa shape index (κ1) is 19.9. The number of carbonyl (C=O) groups excluding carboxylic acids is 1. The molecule has 0 spiro atoms. The molecule has 0 radical (unpaired) electrons. The summed E-state index contributed by atoms with van der Waals surface area (Å²) in [5, 5.41) is 0. The van der Waals surface area contributed by atoms with Gasteiger partial charge >= 0.3 is 0 Å². The Hall–Kier alpha value is -2.40. The topological polar surface area (TPSA) is 41.4 Å². The second-order valence-electron chi connectivity index (χ2n) is 6.34. The first-order valence-electron chi connectivity index (χ1n) is 9.42. The molecule has 0 bridgehead atoms. The number of para-hydroxylation sites is 2. The van der Waals surface area contributed by atoms with Crippen LogP contribution in [0.3, 0.4) is 0 Å². The molecule has 1 aromatic carbocycles. The van der Waals surface area contributed by atoms with Crippen LogP contribution in [0.5, 0.6) is 0 Å². The summed E-state index contributed by atoms with van der Waals surface area (Å²) in [5.41, 5.74) is 1.83. The number of benzene rings is 1. The van der Waals surface area contributed by atoms with Crippen LogP contribution in [-0.4, -0.2) is 46.5 Å². The van der Waals surface area contributed by atoms with Gasteiger partial charge in [0.1, 0.15) is 0 Å². The van der Waals surface area contributed by atoms with E-state index in [1.807, 2.05) is 39.9 Å². The van der Waals surface area contributed by atoms with Crippen LogP contribution in [0, 0.1) is 0 Å². The highest BCUT2D eigenvalue weighted by molar-refractivity contribution is 5.95. The van der Waals surface area contributed by atoms with E-state index in [4.69, 9.17) is 0 Å². The highest BCUT2D eigenvalue weighted by Crippen LogP contribution is 2.25. The van der Waals surface area contributed by atoms with Gasteiger partial charge in [0.25, 0.3) is 0 Å². The Kier molecular flexibility index (Phi) is 8.09. The smallest absolute Gasteiger partial charge is 0.228 e. The SMILES string of the molecule is C=CCN(C(=O)CCN(CCC)CCC)c1ccccc1-n1ccnc1. The number of anilines is 1. The molecule has 1 heterocycles. The van der Waals surface area contributed by atoms with E-state index >= 15 is 0 Å². The van der Waals surface area contributed by atoms with Gasteiger partial charge in [-0.05, 0) is 38.1 Å². The van der Waals surface area contributed by atoms with Crippen molar-refractivity contribution >= 4 is 11.6 Å². The zero-order valence-electron chi connectivity index (χ0n) is 16.0. The van der Waals surface area contributed by atoms with Gasteiger partial charge in [0.2, 0.25) is 5.91 Å². The first-order chi connectivity index (χ1) is 12.7. The number of aromatic nitrogens is 2. The van der Waals surface area contributed by atoms with Crippen LogP contribution in [0.2, 0.25) is 0 Å². The third-order valence-corrected chi connectivity index (χ3v) is 4.29. The lowest BCUT2D eigenvalue weighted by Gasteiger charge is -2.26. The zero-order chi connectivity index (χ0) is 18.8. The molecular formula is C21H30N4O. The van der Waals surface area contributed by atoms with E-state index in [0.29, 0.717) is 13.0 Å². The van der Waals surface area contributed by atoms with Crippen molar-refractivity contribution in [2.24, 2.45) is 0 Å². The molecule has 0 aliphatic rings. The van der Waals surface area contributed by atoms with Crippen molar-refractivity contribution in [3.8, 4) is 5.69 Å².